The molecule has 1 unspecified atom stereocenters. The Morgan fingerprint density at radius 3 is 2.28 bits per heavy atom. The molecule has 7 nitrogen and oxygen atoms in total. The summed E-state index contributed by atoms with van der Waals surface area (Å²) in [6, 6.07) is 10.8. The lowest BCUT2D eigenvalue weighted by Crippen LogP contribution is -2.37. The molecule has 1 fully saturated rings. The van der Waals surface area contributed by atoms with Gasteiger partial charge >= 0.3 is 10.1 Å². The molecule has 3 rings (SSSR count). The Bertz CT molecular complexity index is 1030. The molecular weight excluding hydrogens is 421 g/mol. The number of benzene rings is 2. The molecule has 0 spiro atoms. The fraction of sp³-hybridized carbons (Fsp3) is 0.368. The smallest absolute Gasteiger partial charge is 0.306 e. The number of hydrogen-bond acceptors (Lipinski definition) is 6. The number of halogens is 1. The third kappa shape index (κ3) is 5.99. The summed E-state index contributed by atoms with van der Waals surface area (Å²) in [4.78, 5) is -0.00562. The number of nitrogens with zero attached hydrogens (tertiary/aromatic N) is 1. The first kappa shape index (κ1) is 21.7. The minimum Gasteiger partial charge on any atom is -0.383 e. The number of hydrogen-bond donors (Lipinski definition) is 0. The standard InChI is InChI=1S/C19H22FNO6S2/c1-28(22,23)27-17-8-4-15(5-9-17)13-21(14-18-3-2-12-26-18)29(24,25)19-10-6-16(20)7-11-19/h4-11,18H,2-3,12-14H2,1H3. The van der Waals surface area contributed by atoms with E-state index in [2.05, 4.69) is 0 Å². The molecule has 10 heteroatoms. The van der Waals surface area contributed by atoms with Gasteiger partial charge in [0.15, 0.2) is 0 Å². The lowest BCUT2D eigenvalue weighted by Gasteiger charge is -2.25. The Morgan fingerprint density at radius 2 is 1.72 bits per heavy atom. The van der Waals surface area contributed by atoms with Crippen molar-refractivity contribution < 1.29 is 30.1 Å². The summed E-state index contributed by atoms with van der Waals surface area (Å²) in [6.45, 7) is 0.812. The van der Waals surface area contributed by atoms with E-state index in [1.807, 2.05) is 0 Å². The molecule has 2 aromatic carbocycles. The van der Waals surface area contributed by atoms with Gasteiger partial charge in [-0.05, 0) is 54.8 Å². The second-order valence-corrected chi connectivity index (χ2v) is 10.3. The van der Waals surface area contributed by atoms with E-state index in [0.29, 0.717) is 12.2 Å². The average Bonchev–Trinajstić information content (AvgIpc) is 3.15. The maximum Gasteiger partial charge on any atom is 0.306 e. The van der Waals surface area contributed by atoms with Gasteiger partial charge in [-0.25, -0.2) is 12.8 Å². The highest BCUT2D eigenvalue weighted by atomic mass is 32.2. The van der Waals surface area contributed by atoms with Gasteiger partial charge < -0.3 is 8.92 Å². The summed E-state index contributed by atoms with van der Waals surface area (Å²) >= 11 is 0. The van der Waals surface area contributed by atoms with Gasteiger partial charge in [-0.2, -0.15) is 12.7 Å². The van der Waals surface area contributed by atoms with Crippen molar-refractivity contribution in [3.8, 4) is 5.75 Å². The third-order valence-corrected chi connectivity index (χ3v) is 6.73. The van der Waals surface area contributed by atoms with Gasteiger partial charge in [0.2, 0.25) is 10.0 Å². The van der Waals surface area contributed by atoms with Crippen molar-refractivity contribution in [2.45, 2.75) is 30.4 Å². The monoisotopic (exact) mass is 443 g/mol. The highest BCUT2D eigenvalue weighted by Crippen LogP contribution is 2.23. The Hall–Kier alpha value is -2.01. The molecule has 1 aliphatic heterocycles. The number of ether oxygens (including phenoxy) is 1. The molecule has 0 aromatic heterocycles. The molecule has 29 heavy (non-hydrogen) atoms. The Labute approximate surface area is 170 Å². The maximum absolute atomic E-state index is 13.2. The van der Waals surface area contributed by atoms with E-state index < -0.39 is 26.0 Å². The summed E-state index contributed by atoms with van der Waals surface area (Å²) in [5, 5.41) is 0. The predicted molar refractivity (Wildman–Crippen MR) is 105 cm³/mol. The normalized spacial score (nSPS) is 17.6. The first-order valence-electron chi connectivity index (χ1n) is 8.99. The Morgan fingerprint density at radius 1 is 1.07 bits per heavy atom. The zero-order valence-corrected chi connectivity index (χ0v) is 17.5. The predicted octanol–water partition coefficient (Wildman–Crippen LogP) is 2.53. The van der Waals surface area contributed by atoms with Crippen LogP contribution in [0.2, 0.25) is 0 Å². The highest BCUT2D eigenvalue weighted by Gasteiger charge is 2.29. The Kier molecular flexibility index (Phi) is 6.57. The quantitative estimate of drug-likeness (QED) is 0.583. The van der Waals surface area contributed by atoms with Crippen LogP contribution in [0.25, 0.3) is 0 Å². The molecule has 158 valence electrons. The van der Waals surface area contributed by atoms with Crippen molar-refractivity contribution in [1.82, 2.24) is 4.31 Å². The van der Waals surface area contributed by atoms with Crippen LogP contribution >= 0.6 is 0 Å². The number of sulfonamides is 1. The SMILES string of the molecule is CS(=O)(=O)Oc1ccc(CN(CC2CCCO2)S(=O)(=O)c2ccc(F)cc2)cc1. The molecule has 0 saturated carbocycles. The van der Waals surface area contributed by atoms with Crippen LogP contribution in [-0.4, -0.2) is 46.7 Å². The Balaban J connectivity index is 1.84. The highest BCUT2D eigenvalue weighted by molar-refractivity contribution is 7.89. The summed E-state index contributed by atoms with van der Waals surface area (Å²) in [5.41, 5.74) is 0.648. The molecular formula is C19H22FNO6S2. The molecule has 1 aliphatic rings. The van der Waals surface area contributed by atoms with Crippen molar-refractivity contribution in [2.75, 3.05) is 19.4 Å². The van der Waals surface area contributed by atoms with Crippen LogP contribution in [0.4, 0.5) is 4.39 Å². The third-order valence-electron chi connectivity index (χ3n) is 4.41. The van der Waals surface area contributed by atoms with Gasteiger partial charge in [0.05, 0.1) is 17.3 Å². The summed E-state index contributed by atoms with van der Waals surface area (Å²) < 4.78 is 73.6. The van der Waals surface area contributed by atoms with Crippen molar-refractivity contribution in [3.63, 3.8) is 0 Å². The van der Waals surface area contributed by atoms with Crippen molar-refractivity contribution in [3.05, 3.63) is 59.9 Å². The summed E-state index contributed by atoms with van der Waals surface area (Å²) in [5.74, 6) is -0.376. The van der Waals surface area contributed by atoms with Gasteiger partial charge in [-0.15, -0.1) is 0 Å². The molecule has 0 radical (unpaired) electrons. The van der Waals surface area contributed by atoms with Gasteiger partial charge in [0.1, 0.15) is 11.6 Å². The van der Waals surface area contributed by atoms with E-state index in [1.165, 1.54) is 28.6 Å². The van der Waals surface area contributed by atoms with E-state index in [4.69, 9.17) is 8.92 Å². The zero-order chi connectivity index (χ0) is 21.1. The number of rotatable bonds is 8. The van der Waals surface area contributed by atoms with Crippen LogP contribution in [0.5, 0.6) is 5.75 Å². The van der Waals surface area contributed by atoms with E-state index in [0.717, 1.165) is 31.2 Å². The molecule has 0 N–H and O–H groups in total. The van der Waals surface area contributed by atoms with Gasteiger partial charge in [0.25, 0.3) is 0 Å². The first-order valence-corrected chi connectivity index (χ1v) is 12.2. The molecule has 0 bridgehead atoms. The summed E-state index contributed by atoms with van der Waals surface area (Å²) in [7, 11) is -7.53. The molecule has 0 aliphatic carbocycles. The lowest BCUT2D eigenvalue weighted by atomic mass is 10.2. The van der Waals surface area contributed by atoms with Crippen molar-refractivity contribution >= 4 is 20.1 Å². The van der Waals surface area contributed by atoms with E-state index in [-0.39, 0.29) is 29.8 Å². The first-order chi connectivity index (χ1) is 13.6. The van der Waals surface area contributed by atoms with Gasteiger partial charge in [-0.3, -0.25) is 0 Å². The van der Waals surface area contributed by atoms with E-state index >= 15 is 0 Å². The van der Waals surface area contributed by atoms with Gasteiger partial charge in [0, 0.05) is 19.7 Å². The lowest BCUT2D eigenvalue weighted by molar-refractivity contribution is 0.0926. The molecule has 0 amide bonds. The van der Waals surface area contributed by atoms with Gasteiger partial charge in [-0.1, -0.05) is 12.1 Å². The molecule has 1 saturated heterocycles. The van der Waals surface area contributed by atoms with E-state index in [1.54, 1.807) is 12.1 Å². The topological polar surface area (TPSA) is 90.0 Å². The van der Waals surface area contributed by atoms with Crippen LogP contribution in [-0.2, 0) is 31.4 Å². The molecule has 1 heterocycles. The second-order valence-electron chi connectivity index (χ2n) is 6.82. The fourth-order valence-electron chi connectivity index (χ4n) is 3.05. The van der Waals surface area contributed by atoms with Crippen LogP contribution in [0, 0.1) is 5.82 Å². The van der Waals surface area contributed by atoms with Crippen LogP contribution in [0.15, 0.2) is 53.4 Å². The average molecular weight is 444 g/mol. The van der Waals surface area contributed by atoms with Crippen LogP contribution < -0.4 is 4.18 Å². The van der Waals surface area contributed by atoms with Crippen LogP contribution in [0.3, 0.4) is 0 Å². The largest absolute Gasteiger partial charge is 0.383 e. The van der Waals surface area contributed by atoms with Crippen LogP contribution in [0.1, 0.15) is 18.4 Å². The fourth-order valence-corrected chi connectivity index (χ4v) is 4.97. The minimum atomic E-state index is -3.88. The maximum atomic E-state index is 13.2. The summed E-state index contributed by atoms with van der Waals surface area (Å²) in [6.07, 6.45) is 2.36. The minimum absolute atomic E-state index is 0.00562. The zero-order valence-electron chi connectivity index (χ0n) is 15.8. The molecule has 1 atom stereocenters. The van der Waals surface area contributed by atoms with E-state index in [9.17, 15) is 21.2 Å². The van der Waals surface area contributed by atoms with Crippen molar-refractivity contribution in [2.24, 2.45) is 0 Å². The second kappa shape index (κ2) is 8.78. The molecule has 2 aromatic rings. The van der Waals surface area contributed by atoms with Crippen molar-refractivity contribution in [1.29, 1.82) is 0 Å².